The van der Waals surface area contributed by atoms with Crippen molar-refractivity contribution in [3.63, 3.8) is 0 Å². The maximum Gasteiger partial charge on any atom is 0.106 e. The third-order valence-corrected chi connectivity index (χ3v) is 3.94. The molecule has 1 N–H and O–H groups in total. The van der Waals surface area contributed by atoms with Crippen LogP contribution < -0.4 is 0 Å². The van der Waals surface area contributed by atoms with Gasteiger partial charge in [0.25, 0.3) is 0 Å². The Labute approximate surface area is 127 Å². The molecule has 3 aromatic rings. The molecule has 0 saturated heterocycles. The predicted molar refractivity (Wildman–Crippen MR) is 84.5 cm³/mol. The molecule has 1 atom stereocenters. The molecule has 3 aromatic carbocycles. The molecule has 20 heavy (non-hydrogen) atoms. The molecule has 0 amide bonds. The number of aliphatic hydroxyl groups is 1. The summed E-state index contributed by atoms with van der Waals surface area (Å²) < 4.78 is 0. The molecule has 100 valence electrons. The van der Waals surface area contributed by atoms with Crippen molar-refractivity contribution in [1.29, 1.82) is 0 Å². The summed E-state index contributed by atoms with van der Waals surface area (Å²) in [7, 11) is 0. The van der Waals surface area contributed by atoms with E-state index in [9.17, 15) is 5.11 Å². The zero-order valence-electron chi connectivity index (χ0n) is 10.6. The van der Waals surface area contributed by atoms with Crippen LogP contribution in [0.1, 0.15) is 17.2 Å². The Morgan fingerprint density at radius 3 is 2.35 bits per heavy atom. The van der Waals surface area contributed by atoms with Crippen molar-refractivity contribution in [3.8, 4) is 0 Å². The topological polar surface area (TPSA) is 20.2 Å². The van der Waals surface area contributed by atoms with Gasteiger partial charge in [0.15, 0.2) is 0 Å². The average Bonchev–Trinajstić information content (AvgIpc) is 2.46. The Morgan fingerprint density at radius 2 is 1.55 bits per heavy atom. The van der Waals surface area contributed by atoms with E-state index in [1.165, 1.54) is 0 Å². The van der Waals surface area contributed by atoms with E-state index in [0.29, 0.717) is 15.6 Å². The summed E-state index contributed by atoms with van der Waals surface area (Å²) in [6, 6.07) is 19.0. The van der Waals surface area contributed by atoms with E-state index in [4.69, 9.17) is 23.2 Å². The van der Waals surface area contributed by atoms with Gasteiger partial charge in [0.05, 0.1) is 0 Å². The van der Waals surface area contributed by atoms with Crippen molar-refractivity contribution >= 4 is 34.0 Å². The Kier molecular flexibility index (Phi) is 3.66. The number of aliphatic hydroxyl groups excluding tert-OH is 1. The highest BCUT2D eigenvalue weighted by Crippen LogP contribution is 2.33. The summed E-state index contributed by atoms with van der Waals surface area (Å²) >= 11 is 12.1. The standard InChI is InChI=1S/C17H12Cl2O/c18-12-8-9-15(16(19)10-12)17(20)14-7-3-5-11-4-1-2-6-13(11)14/h1-10,17,20H/t17-/m0/s1. The van der Waals surface area contributed by atoms with Crippen molar-refractivity contribution in [2.75, 3.05) is 0 Å². The van der Waals surface area contributed by atoms with Crippen molar-refractivity contribution in [2.24, 2.45) is 0 Å². The number of fused-ring (bicyclic) bond motifs is 1. The molecule has 0 aromatic heterocycles. The molecule has 3 heteroatoms. The first kappa shape index (κ1) is 13.4. The quantitative estimate of drug-likeness (QED) is 0.687. The Balaban J connectivity index is 2.15. The summed E-state index contributed by atoms with van der Waals surface area (Å²) in [4.78, 5) is 0. The van der Waals surface area contributed by atoms with Gasteiger partial charge in [-0.3, -0.25) is 0 Å². The fraction of sp³-hybridized carbons (Fsp3) is 0.0588. The highest BCUT2D eigenvalue weighted by molar-refractivity contribution is 6.35. The van der Waals surface area contributed by atoms with Crippen LogP contribution in [0, 0.1) is 0 Å². The zero-order chi connectivity index (χ0) is 14.1. The van der Waals surface area contributed by atoms with Crippen LogP contribution in [0.4, 0.5) is 0 Å². The van der Waals surface area contributed by atoms with Crippen LogP contribution in [-0.4, -0.2) is 5.11 Å². The van der Waals surface area contributed by atoms with Gasteiger partial charge in [-0.15, -0.1) is 0 Å². The van der Waals surface area contributed by atoms with Crippen molar-refractivity contribution in [3.05, 3.63) is 81.8 Å². The molecule has 0 radical (unpaired) electrons. The summed E-state index contributed by atoms with van der Waals surface area (Å²) in [6.45, 7) is 0. The number of hydrogen-bond acceptors (Lipinski definition) is 1. The molecule has 0 aliphatic carbocycles. The van der Waals surface area contributed by atoms with Gasteiger partial charge in [-0.2, -0.15) is 0 Å². The van der Waals surface area contributed by atoms with Crippen molar-refractivity contribution < 1.29 is 5.11 Å². The molecule has 0 aliphatic heterocycles. The van der Waals surface area contributed by atoms with E-state index < -0.39 is 6.10 Å². The van der Waals surface area contributed by atoms with Crippen LogP contribution in [0.25, 0.3) is 10.8 Å². The van der Waals surface area contributed by atoms with Gasteiger partial charge in [-0.1, -0.05) is 71.7 Å². The number of halogens is 2. The van der Waals surface area contributed by atoms with Gasteiger partial charge in [-0.25, -0.2) is 0 Å². The fourth-order valence-electron chi connectivity index (χ4n) is 2.38. The van der Waals surface area contributed by atoms with Crippen LogP contribution in [-0.2, 0) is 0 Å². The summed E-state index contributed by atoms with van der Waals surface area (Å²) in [5.74, 6) is 0. The molecular weight excluding hydrogens is 291 g/mol. The van der Waals surface area contributed by atoms with Gasteiger partial charge in [-0.05, 0) is 28.5 Å². The summed E-state index contributed by atoms with van der Waals surface area (Å²) in [5.41, 5.74) is 1.50. The molecule has 0 unspecified atom stereocenters. The highest BCUT2D eigenvalue weighted by atomic mass is 35.5. The Hall–Kier alpha value is -1.54. The maximum absolute atomic E-state index is 10.6. The van der Waals surface area contributed by atoms with Crippen LogP contribution in [0.15, 0.2) is 60.7 Å². The normalized spacial score (nSPS) is 12.6. The SMILES string of the molecule is O[C@H](c1ccc(Cl)cc1Cl)c1cccc2ccccc12. The minimum Gasteiger partial charge on any atom is -0.384 e. The van der Waals surface area contributed by atoms with Crippen LogP contribution in [0.5, 0.6) is 0 Å². The maximum atomic E-state index is 10.6. The van der Waals surface area contributed by atoms with Gasteiger partial charge in [0, 0.05) is 15.6 Å². The average molecular weight is 303 g/mol. The van der Waals surface area contributed by atoms with Gasteiger partial charge in [0.2, 0.25) is 0 Å². The van der Waals surface area contributed by atoms with Gasteiger partial charge < -0.3 is 5.11 Å². The van der Waals surface area contributed by atoms with Crippen molar-refractivity contribution in [2.45, 2.75) is 6.10 Å². The van der Waals surface area contributed by atoms with Gasteiger partial charge in [0.1, 0.15) is 6.10 Å². The lowest BCUT2D eigenvalue weighted by molar-refractivity contribution is 0.222. The molecule has 0 bridgehead atoms. The van der Waals surface area contributed by atoms with Crippen LogP contribution in [0.3, 0.4) is 0 Å². The van der Waals surface area contributed by atoms with E-state index in [1.807, 2.05) is 42.5 Å². The lowest BCUT2D eigenvalue weighted by Gasteiger charge is -2.15. The smallest absolute Gasteiger partial charge is 0.106 e. The number of benzene rings is 3. The Morgan fingerprint density at radius 1 is 0.800 bits per heavy atom. The second-order valence-corrected chi connectivity index (χ2v) is 5.48. The zero-order valence-corrected chi connectivity index (χ0v) is 12.1. The molecule has 0 spiro atoms. The van der Waals surface area contributed by atoms with Crippen LogP contribution in [0.2, 0.25) is 10.0 Å². The predicted octanol–water partition coefficient (Wildman–Crippen LogP) is 5.23. The van der Waals surface area contributed by atoms with E-state index in [1.54, 1.807) is 18.2 Å². The molecule has 3 rings (SSSR count). The van der Waals surface area contributed by atoms with Gasteiger partial charge >= 0.3 is 0 Å². The number of rotatable bonds is 2. The monoisotopic (exact) mass is 302 g/mol. The largest absolute Gasteiger partial charge is 0.384 e. The minimum atomic E-state index is -0.772. The molecule has 0 aliphatic rings. The minimum absolute atomic E-state index is 0.470. The lowest BCUT2D eigenvalue weighted by atomic mass is 9.96. The highest BCUT2D eigenvalue weighted by Gasteiger charge is 2.16. The van der Waals surface area contributed by atoms with E-state index >= 15 is 0 Å². The molecule has 0 heterocycles. The molecular formula is C17H12Cl2O. The first-order chi connectivity index (χ1) is 9.66. The Bertz CT molecular complexity index is 763. The fourth-order valence-corrected chi connectivity index (χ4v) is 2.89. The summed E-state index contributed by atoms with van der Waals surface area (Å²) in [5, 5.41) is 13.8. The molecule has 0 fully saturated rings. The third kappa shape index (κ3) is 2.40. The molecule has 1 nitrogen and oxygen atoms in total. The van der Waals surface area contributed by atoms with E-state index in [-0.39, 0.29) is 0 Å². The van der Waals surface area contributed by atoms with E-state index in [2.05, 4.69) is 0 Å². The first-order valence-corrected chi connectivity index (χ1v) is 7.03. The molecule has 0 saturated carbocycles. The summed E-state index contributed by atoms with van der Waals surface area (Å²) in [6.07, 6.45) is -0.772. The third-order valence-electron chi connectivity index (χ3n) is 3.38. The van der Waals surface area contributed by atoms with Crippen molar-refractivity contribution in [1.82, 2.24) is 0 Å². The lowest BCUT2D eigenvalue weighted by Crippen LogP contribution is -2.01. The first-order valence-electron chi connectivity index (χ1n) is 6.27. The van der Waals surface area contributed by atoms with E-state index in [0.717, 1.165) is 16.3 Å². The second-order valence-electron chi connectivity index (χ2n) is 4.64. The van der Waals surface area contributed by atoms with Crippen LogP contribution >= 0.6 is 23.2 Å². The number of hydrogen-bond donors (Lipinski definition) is 1. The second kappa shape index (κ2) is 5.45.